The molecule has 0 radical (unpaired) electrons. The molecular formula is C10H14OS. The first-order valence-corrected chi connectivity index (χ1v) is 5.30. The van der Waals surface area contributed by atoms with Crippen LogP contribution in [0.15, 0.2) is 30.3 Å². The molecule has 1 aromatic carbocycles. The molecule has 2 heteroatoms. The highest BCUT2D eigenvalue weighted by molar-refractivity contribution is 7.98. The zero-order valence-electron chi connectivity index (χ0n) is 7.40. The monoisotopic (exact) mass is 182 g/mol. The fraction of sp³-hybridized carbons (Fsp3) is 0.400. The molecule has 0 spiro atoms. The minimum Gasteiger partial charge on any atom is -0.392 e. The normalized spacial score (nSPS) is 15.6. The van der Waals surface area contributed by atoms with Crippen molar-refractivity contribution < 1.29 is 5.11 Å². The fourth-order valence-corrected chi connectivity index (χ4v) is 2.08. The zero-order chi connectivity index (χ0) is 8.97. The first-order valence-electron chi connectivity index (χ1n) is 4.01. The molecule has 1 rings (SSSR count). The smallest absolute Gasteiger partial charge is 0.0671 e. The molecule has 0 bridgehead atoms. The van der Waals surface area contributed by atoms with E-state index in [-0.39, 0.29) is 11.4 Å². The average molecular weight is 182 g/mol. The highest BCUT2D eigenvalue weighted by Gasteiger charge is 2.14. The maximum absolute atomic E-state index is 9.44. The van der Waals surface area contributed by atoms with Crippen LogP contribution in [0.1, 0.15) is 17.7 Å². The predicted octanol–water partition coefficient (Wildman–Crippen LogP) is 2.47. The van der Waals surface area contributed by atoms with E-state index in [0.29, 0.717) is 0 Å². The van der Waals surface area contributed by atoms with Crippen molar-refractivity contribution in [1.29, 1.82) is 0 Å². The van der Waals surface area contributed by atoms with Gasteiger partial charge >= 0.3 is 0 Å². The Kier molecular flexibility index (Phi) is 3.63. The lowest BCUT2D eigenvalue weighted by Crippen LogP contribution is -2.10. The first-order chi connectivity index (χ1) is 5.75. The van der Waals surface area contributed by atoms with Gasteiger partial charge in [0.1, 0.15) is 0 Å². The number of hydrogen-bond donors (Lipinski definition) is 1. The van der Waals surface area contributed by atoms with Crippen molar-refractivity contribution in [2.24, 2.45) is 0 Å². The van der Waals surface area contributed by atoms with E-state index in [1.807, 2.05) is 43.5 Å². The second kappa shape index (κ2) is 4.53. The Hall–Kier alpha value is -0.470. The van der Waals surface area contributed by atoms with Gasteiger partial charge in [0.15, 0.2) is 0 Å². The molecule has 1 N–H and O–H groups in total. The largest absolute Gasteiger partial charge is 0.392 e. The third-order valence-corrected chi connectivity index (χ3v) is 2.99. The molecular weight excluding hydrogens is 168 g/mol. The molecule has 0 saturated carbocycles. The van der Waals surface area contributed by atoms with Crippen LogP contribution in [0.4, 0.5) is 0 Å². The molecule has 0 amide bonds. The van der Waals surface area contributed by atoms with Crippen LogP contribution in [0.3, 0.4) is 0 Å². The Balaban J connectivity index is 2.80. The van der Waals surface area contributed by atoms with E-state index in [0.717, 1.165) is 0 Å². The molecule has 0 saturated heterocycles. The van der Waals surface area contributed by atoms with Gasteiger partial charge in [-0.3, -0.25) is 0 Å². The minimum absolute atomic E-state index is 0.200. The number of aliphatic hydroxyl groups is 1. The summed E-state index contributed by atoms with van der Waals surface area (Å²) in [4.78, 5) is 0. The van der Waals surface area contributed by atoms with Crippen molar-refractivity contribution in [3.63, 3.8) is 0 Å². The quantitative estimate of drug-likeness (QED) is 0.775. The van der Waals surface area contributed by atoms with Crippen LogP contribution in [-0.4, -0.2) is 17.5 Å². The Morgan fingerprint density at radius 1 is 1.25 bits per heavy atom. The lowest BCUT2D eigenvalue weighted by molar-refractivity contribution is 0.192. The SMILES string of the molecule is CSC(c1ccccc1)C(C)O. The van der Waals surface area contributed by atoms with E-state index in [9.17, 15) is 5.11 Å². The topological polar surface area (TPSA) is 20.2 Å². The molecule has 0 aliphatic rings. The van der Waals surface area contributed by atoms with Crippen molar-refractivity contribution >= 4 is 11.8 Å². The lowest BCUT2D eigenvalue weighted by Gasteiger charge is -2.17. The number of rotatable bonds is 3. The average Bonchev–Trinajstić information content (AvgIpc) is 2.07. The van der Waals surface area contributed by atoms with Gasteiger partial charge in [0.05, 0.1) is 11.4 Å². The van der Waals surface area contributed by atoms with Gasteiger partial charge < -0.3 is 5.11 Å². The number of benzene rings is 1. The maximum atomic E-state index is 9.44. The van der Waals surface area contributed by atoms with Crippen molar-refractivity contribution in [3.05, 3.63) is 35.9 Å². The summed E-state index contributed by atoms with van der Waals surface area (Å²) in [5, 5.41) is 9.64. The predicted molar refractivity (Wildman–Crippen MR) is 54.4 cm³/mol. The summed E-state index contributed by atoms with van der Waals surface area (Å²) < 4.78 is 0. The standard InChI is InChI=1S/C10H14OS/c1-8(11)10(12-2)9-6-4-3-5-7-9/h3-8,10-11H,1-2H3. The Bertz CT molecular complexity index is 221. The van der Waals surface area contributed by atoms with Gasteiger partial charge in [-0.25, -0.2) is 0 Å². The van der Waals surface area contributed by atoms with E-state index in [1.165, 1.54) is 5.56 Å². The summed E-state index contributed by atoms with van der Waals surface area (Å²) in [6.45, 7) is 1.83. The third-order valence-electron chi connectivity index (χ3n) is 1.82. The van der Waals surface area contributed by atoms with Gasteiger partial charge in [-0.15, -0.1) is 0 Å². The summed E-state index contributed by atoms with van der Waals surface area (Å²) in [6, 6.07) is 10.1. The molecule has 1 aromatic rings. The van der Waals surface area contributed by atoms with E-state index in [2.05, 4.69) is 0 Å². The number of hydrogen-bond acceptors (Lipinski definition) is 2. The second-order valence-electron chi connectivity index (χ2n) is 2.81. The molecule has 12 heavy (non-hydrogen) atoms. The van der Waals surface area contributed by atoms with Gasteiger partial charge in [0.25, 0.3) is 0 Å². The Morgan fingerprint density at radius 3 is 2.25 bits per heavy atom. The molecule has 2 unspecified atom stereocenters. The van der Waals surface area contributed by atoms with Crippen molar-refractivity contribution in [3.8, 4) is 0 Å². The molecule has 0 fully saturated rings. The van der Waals surface area contributed by atoms with E-state index in [1.54, 1.807) is 11.8 Å². The highest BCUT2D eigenvalue weighted by Crippen LogP contribution is 2.29. The van der Waals surface area contributed by atoms with Crippen LogP contribution in [0, 0.1) is 0 Å². The van der Waals surface area contributed by atoms with Crippen LogP contribution in [0.25, 0.3) is 0 Å². The highest BCUT2D eigenvalue weighted by atomic mass is 32.2. The summed E-state index contributed by atoms with van der Waals surface area (Å²) >= 11 is 1.68. The first kappa shape index (κ1) is 9.62. The fourth-order valence-electron chi connectivity index (χ4n) is 1.25. The molecule has 0 heterocycles. The summed E-state index contributed by atoms with van der Waals surface area (Å²) in [6.07, 6.45) is 1.73. The van der Waals surface area contributed by atoms with Gasteiger partial charge in [0, 0.05) is 0 Å². The maximum Gasteiger partial charge on any atom is 0.0671 e. The second-order valence-corrected chi connectivity index (χ2v) is 3.79. The van der Waals surface area contributed by atoms with Crippen LogP contribution >= 0.6 is 11.8 Å². The minimum atomic E-state index is -0.289. The van der Waals surface area contributed by atoms with Gasteiger partial charge in [0.2, 0.25) is 0 Å². The van der Waals surface area contributed by atoms with Crippen LogP contribution < -0.4 is 0 Å². The van der Waals surface area contributed by atoms with Gasteiger partial charge in [-0.1, -0.05) is 30.3 Å². The molecule has 0 aliphatic heterocycles. The van der Waals surface area contributed by atoms with Crippen molar-refractivity contribution in [2.45, 2.75) is 18.3 Å². The van der Waals surface area contributed by atoms with Crippen LogP contribution in [0.2, 0.25) is 0 Å². The summed E-state index contributed by atoms with van der Waals surface area (Å²) in [5.41, 5.74) is 1.19. The van der Waals surface area contributed by atoms with E-state index >= 15 is 0 Å². The van der Waals surface area contributed by atoms with E-state index < -0.39 is 0 Å². The lowest BCUT2D eigenvalue weighted by atomic mass is 10.1. The van der Waals surface area contributed by atoms with E-state index in [4.69, 9.17) is 0 Å². The molecule has 0 aliphatic carbocycles. The van der Waals surface area contributed by atoms with Crippen molar-refractivity contribution in [1.82, 2.24) is 0 Å². The van der Waals surface area contributed by atoms with Crippen LogP contribution in [-0.2, 0) is 0 Å². The third kappa shape index (κ3) is 2.26. The van der Waals surface area contributed by atoms with Crippen molar-refractivity contribution in [2.75, 3.05) is 6.26 Å². The molecule has 1 nitrogen and oxygen atoms in total. The Morgan fingerprint density at radius 2 is 1.83 bits per heavy atom. The van der Waals surface area contributed by atoms with Crippen LogP contribution in [0.5, 0.6) is 0 Å². The van der Waals surface area contributed by atoms with Gasteiger partial charge in [-0.2, -0.15) is 11.8 Å². The summed E-state index contributed by atoms with van der Waals surface area (Å²) in [5.74, 6) is 0. The molecule has 0 aromatic heterocycles. The molecule has 66 valence electrons. The Labute approximate surface area is 77.8 Å². The zero-order valence-corrected chi connectivity index (χ0v) is 8.21. The number of aliphatic hydroxyl groups excluding tert-OH is 1. The molecule has 2 atom stereocenters. The number of thioether (sulfide) groups is 1. The van der Waals surface area contributed by atoms with Gasteiger partial charge in [-0.05, 0) is 18.7 Å². The summed E-state index contributed by atoms with van der Waals surface area (Å²) in [7, 11) is 0.